The fourth-order valence-corrected chi connectivity index (χ4v) is 1.65. The molecule has 0 aromatic carbocycles. The van der Waals surface area contributed by atoms with Gasteiger partial charge in [0.1, 0.15) is 6.33 Å². The SMILES string of the molecule is CC(CC(=N)N)Sc1ncn[nH]1. The number of aromatic nitrogens is 3. The second-order valence-electron chi connectivity index (χ2n) is 2.45. The van der Waals surface area contributed by atoms with Crippen molar-refractivity contribution in [1.29, 1.82) is 5.41 Å². The average molecular weight is 185 g/mol. The molecule has 0 aliphatic heterocycles. The van der Waals surface area contributed by atoms with Crippen LogP contribution in [0.1, 0.15) is 13.3 Å². The number of H-pyrrole nitrogens is 1. The van der Waals surface area contributed by atoms with Crippen LogP contribution in [-0.4, -0.2) is 26.3 Å². The fraction of sp³-hybridized carbons (Fsp3) is 0.500. The molecule has 4 N–H and O–H groups in total. The molecular weight excluding hydrogens is 174 g/mol. The third-order valence-electron chi connectivity index (χ3n) is 1.21. The Morgan fingerprint density at radius 1 is 1.92 bits per heavy atom. The lowest BCUT2D eigenvalue weighted by Crippen LogP contribution is -2.14. The van der Waals surface area contributed by atoms with E-state index in [1.807, 2.05) is 6.92 Å². The number of hydrogen-bond donors (Lipinski definition) is 3. The van der Waals surface area contributed by atoms with E-state index >= 15 is 0 Å². The molecule has 12 heavy (non-hydrogen) atoms. The predicted molar refractivity (Wildman–Crippen MR) is 48.2 cm³/mol. The van der Waals surface area contributed by atoms with Gasteiger partial charge in [0.25, 0.3) is 0 Å². The molecule has 0 spiro atoms. The van der Waals surface area contributed by atoms with E-state index in [1.54, 1.807) is 0 Å². The van der Waals surface area contributed by atoms with Crippen molar-refractivity contribution >= 4 is 17.6 Å². The average Bonchev–Trinajstić information content (AvgIpc) is 2.37. The summed E-state index contributed by atoms with van der Waals surface area (Å²) in [5.74, 6) is 0.203. The van der Waals surface area contributed by atoms with Gasteiger partial charge in [-0.2, -0.15) is 5.10 Å². The van der Waals surface area contributed by atoms with Crippen LogP contribution in [0, 0.1) is 5.41 Å². The molecule has 66 valence electrons. The van der Waals surface area contributed by atoms with Crippen molar-refractivity contribution in [3.05, 3.63) is 6.33 Å². The molecule has 0 bridgehead atoms. The summed E-state index contributed by atoms with van der Waals surface area (Å²) in [4.78, 5) is 3.95. The molecule has 0 saturated heterocycles. The molecule has 1 unspecified atom stereocenters. The minimum Gasteiger partial charge on any atom is -0.388 e. The Morgan fingerprint density at radius 3 is 3.17 bits per heavy atom. The second kappa shape index (κ2) is 4.10. The number of nitrogens with zero attached hydrogens (tertiary/aromatic N) is 2. The number of rotatable bonds is 4. The first-order chi connectivity index (χ1) is 5.68. The molecular formula is C6H11N5S. The van der Waals surface area contributed by atoms with Gasteiger partial charge in [0.05, 0.1) is 5.84 Å². The molecule has 6 heteroatoms. The first kappa shape index (κ1) is 9.05. The Kier molecular flexibility index (Phi) is 3.09. The molecule has 5 nitrogen and oxygen atoms in total. The van der Waals surface area contributed by atoms with Crippen LogP contribution in [0.25, 0.3) is 0 Å². The third kappa shape index (κ3) is 2.91. The van der Waals surface area contributed by atoms with Crippen molar-refractivity contribution in [2.45, 2.75) is 23.8 Å². The molecule has 0 radical (unpaired) electrons. The Bertz CT molecular complexity index is 244. The van der Waals surface area contributed by atoms with E-state index in [2.05, 4.69) is 15.2 Å². The monoisotopic (exact) mass is 185 g/mol. The van der Waals surface area contributed by atoms with Crippen LogP contribution in [0.5, 0.6) is 0 Å². The number of nitrogens with one attached hydrogen (secondary N) is 2. The molecule has 1 aromatic heterocycles. The zero-order valence-electron chi connectivity index (χ0n) is 6.74. The van der Waals surface area contributed by atoms with E-state index in [4.69, 9.17) is 11.1 Å². The minimum absolute atomic E-state index is 0.203. The summed E-state index contributed by atoms with van der Waals surface area (Å²) in [6.45, 7) is 1.99. The number of hydrogen-bond acceptors (Lipinski definition) is 4. The van der Waals surface area contributed by atoms with Gasteiger partial charge in [0.2, 0.25) is 0 Å². The number of nitrogens with two attached hydrogens (primary N) is 1. The molecule has 1 atom stereocenters. The van der Waals surface area contributed by atoms with Gasteiger partial charge in [0.15, 0.2) is 5.16 Å². The fourth-order valence-electron chi connectivity index (χ4n) is 0.793. The lowest BCUT2D eigenvalue weighted by Gasteiger charge is -2.06. The highest BCUT2D eigenvalue weighted by molar-refractivity contribution is 7.99. The smallest absolute Gasteiger partial charge is 0.183 e. The van der Waals surface area contributed by atoms with E-state index in [0.29, 0.717) is 6.42 Å². The normalized spacial score (nSPS) is 12.8. The molecule has 1 heterocycles. The zero-order chi connectivity index (χ0) is 8.97. The third-order valence-corrected chi connectivity index (χ3v) is 2.20. The van der Waals surface area contributed by atoms with Crippen molar-refractivity contribution in [2.75, 3.05) is 0 Å². The van der Waals surface area contributed by atoms with E-state index < -0.39 is 0 Å². The zero-order valence-corrected chi connectivity index (χ0v) is 7.56. The predicted octanol–water partition coefficient (Wildman–Crippen LogP) is 0.611. The summed E-state index contributed by atoms with van der Waals surface area (Å²) >= 11 is 1.53. The lowest BCUT2D eigenvalue weighted by molar-refractivity contribution is 0.941. The molecule has 0 aliphatic carbocycles. The van der Waals surface area contributed by atoms with Gasteiger partial charge in [-0.1, -0.05) is 18.7 Å². The Hall–Kier alpha value is -1.04. The summed E-state index contributed by atoms with van der Waals surface area (Å²) in [5.41, 5.74) is 5.25. The molecule has 1 aromatic rings. The maximum Gasteiger partial charge on any atom is 0.183 e. The van der Waals surface area contributed by atoms with Crippen LogP contribution in [0.2, 0.25) is 0 Å². The first-order valence-corrected chi connectivity index (χ1v) is 4.41. The lowest BCUT2D eigenvalue weighted by atomic mass is 10.3. The minimum atomic E-state index is 0.203. The summed E-state index contributed by atoms with van der Waals surface area (Å²) in [6.07, 6.45) is 2.04. The number of amidine groups is 1. The van der Waals surface area contributed by atoms with Crippen LogP contribution in [0.4, 0.5) is 0 Å². The standard InChI is InChI=1S/C6H11N5S/c1-4(2-5(7)8)12-6-9-3-10-11-6/h3-4H,2H2,1H3,(H3,7,8)(H,9,10,11). The van der Waals surface area contributed by atoms with Crippen LogP contribution in [0.15, 0.2) is 11.5 Å². The summed E-state index contributed by atoms with van der Waals surface area (Å²) in [5, 5.41) is 14.5. The quantitative estimate of drug-likeness (QED) is 0.364. The van der Waals surface area contributed by atoms with Crippen molar-refractivity contribution < 1.29 is 0 Å². The summed E-state index contributed by atoms with van der Waals surface area (Å²) in [6, 6.07) is 0. The Balaban J connectivity index is 2.36. The van der Waals surface area contributed by atoms with Crippen LogP contribution < -0.4 is 5.73 Å². The Labute approximate surface area is 74.7 Å². The molecule has 0 aliphatic rings. The number of thioether (sulfide) groups is 1. The summed E-state index contributed by atoms with van der Waals surface area (Å²) in [7, 11) is 0. The van der Waals surface area contributed by atoms with E-state index in [1.165, 1.54) is 18.1 Å². The van der Waals surface area contributed by atoms with Gasteiger partial charge in [-0.05, 0) is 0 Å². The van der Waals surface area contributed by atoms with Crippen LogP contribution >= 0.6 is 11.8 Å². The molecule has 1 rings (SSSR count). The first-order valence-electron chi connectivity index (χ1n) is 3.53. The van der Waals surface area contributed by atoms with E-state index in [0.717, 1.165) is 5.16 Å². The van der Waals surface area contributed by atoms with Gasteiger partial charge in [-0.25, -0.2) is 4.98 Å². The van der Waals surface area contributed by atoms with Crippen LogP contribution in [-0.2, 0) is 0 Å². The molecule has 0 amide bonds. The van der Waals surface area contributed by atoms with Crippen LogP contribution in [0.3, 0.4) is 0 Å². The highest BCUT2D eigenvalue weighted by Gasteiger charge is 2.07. The maximum atomic E-state index is 7.07. The largest absolute Gasteiger partial charge is 0.388 e. The van der Waals surface area contributed by atoms with E-state index in [9.17, 15) is 0 Å². The van der Waals surface area contributed by atoms with E-state index in [-0.39, 0.29) is 11.1 Å². The summed E-state index contributed by atoms with van der Waals surface area (Å²) < 4.78 is 0. The van der Waals surface area contributed by atoms with Gasteiger partial charge in [0, 0.05) is 11.7 Å². The van der Waals surface area contributed by atoms with Gasteiger partial charge in [-0.15, -0.1) is 0 Å². The highest BCUT2D eigenvalue weighted by atomic mass is 32.2. The van der Waals surface area contributed by atoms with Gasteiger partial charge >= 0.3 is 0 Å². The highest BCUT2D eigenvalue weighted by Crippen LogP contribution is 2.19. The van der Waals surface area contributed by atoms with Crippen molar-refractivity contribution in [3.63, 3.8) is 0 Å². The van der Waals surface area contributed by atoms with Crippen molar-refractivity contribution in [2.24, 2.45) is 5.73 Å². The molecule has 0 fully saturated rings. The van der Waals surface area contributed by atoms with Gasteiger partial charge in [-0.3, -0.25) is 10.5 Å². The maximum absolute atomic E-state index is 7.07. The molecule has 0 saturated carbocycles. The van der Waals surface area contributed by atoms with Crippen molar-refractivity contribution in [3.8, 4) is 0 Å². The Morgan fingerprint density at radius 2 is 2.67 bits per heavy atom. The topological polar surface area (TPSA) is 91.4 Å². The number of aromatic amines is 1. The second-order valence-corrected chi connectivity index (χ2v) is 3.88. The van der Waals surface area contributed by atoms with Gasteiger partial charge < -0.3 is 5.73 Å². The van der Waals surface area contributed by atoms with Crippen molar-refractivity contribution in [1.82, 2.24) is 15.2 Å².